The van der Waals surface area contributed by atoms with Crippen molar-refractivity contribution < 1.29 is 18.4 Å². The average molecular weight is 348 g/mol. The SMILES string of the molecule is Cl.NCCNC(=O)C1CCCN(C(=O)c2cc(F)ccc2F)C1. The number of carbonyl (C=O) groups excluding carboxylic acids is 2. The minimum Gasteiger partial charge on any atom is -0.355 e. The molecule has 2 rings (SSSR count). The van der Waals surface area contributed by atoms with Gasteiger partial charge in [-0.25, -0.2) is 8.78 Å². The molecule has 1 fully saturated rings. The summed E-state index contributed by atoms with van der Waals surface area (Å²) in [4.78, 5) is 25.7. The molecule has 1 atom stereocenters. The van der Waals surface area contributed by atoms with Gasteiger partial charge in [0, 0.05) is 26.2 Å². The van der Waals surface area contributed by atoms with Crippen molar-refractivity contribution in [2.75, 3.05) is 26.2 Å². The van der Waals surface area contributed by atoms with Gasteiger partial charge in [-0.1, -0.05) is 0 Å². The smallest absolute Gasteiger partial charge is 0.256 e. The molecule has 128 valence electrons. The molecule has 0 bridgehead atoms. The van der Waals surface area contributed by atoms with Gasteiger partial charge in [-0.15, -0.1) is 12.4 Å². The summed E-state index contributed by atoms with van der Waals surface area (Å²) in [5, 5.41) is 2.69. The Kier molecular flexibility index (Phi) is 7.38. The number of rotatable bonds is 4. The topological polar surface area (TPSA) is 75.4 Å². The number of halogens is 3. The lowest BCUT2D eigenvalue weighted by Gasteiger charge is -2.32. The summed E-state index contributed by atoms with van der Waals surface area (Å²) in [6, 6.07) is 2.78. The largest absolute Gasteiger partial charge is 0.355 e. The molecule has 1 unspecified atom stereocenters. The first-order chi connectivity index (χ1) is 10.5. The average Bonchev–Trinajstić information content (AvgIpc) is 2.54. The standard InChI is InChI=1S/C15H19F2N3O2.ClH/c16-11-3-4-13(17)12(8-11)15(22)20-7-1-2-10(9-20)14(21)19-6-5-18;/h3-4,8,10H,1-2,5-7,9,18H2,(H,19,21);1H. The Balaban J connectivity index is 0.00000264. The zero-order chi connectivity index (χ0) is 16.1. The molecule has 1 aliphatic heterocycles. The van der Waals surface area contributed by atoms with E-state index in [4.69, 9.17) is 5.73 Å². The van der Waals surface area contributed by atoms with Crippen LogP contribution < -0.4 is 11.1 Å². The maximum atomic E-state index is 13.7. The Hall–Kier alpha value is -1.73. The maximum Gasteiger partial charge on any atom is 0.256 e. The lowest BCUT2D eigenvalue weighted by atomic mass is 9.96. The summed E-state index contributed by atoms with van der Waals surface area (Å²) >= 11 is 0. The third-order valence-electron chi connectivity index (χ3n) is 3.68. The molecule has 0 radical (unpaired) electrons. The summed E-state index contributed by atoms with van der Waals surface area (Å²) < 4.78 is 26.9. The van der Waals surface area contributed by atoms with E-state index in [1.807, 2.05) is 0 Å². The second-order valence-electron chi connectivity index (χ2n) is 5.29. The predicted octanol–water partition coefficient (Wildman–Crippen LogP) is 1.31. The monoisotopic (exact) mass is 347 g/mol. The summed E-state index contributed by atoms with van der Waals surface area (Å²) in [5.74, 6) is -2.53. The molecule has 1 aliphatic rings. The fraction of sp³-hybridized carbons (Fsp3) is 0.467. The Morgan fingerprint density at radius 2 is 2.09 bits per heavy atom. The first-order valence-corrected chi connectivity index (χ1v) is 7.25. The van der Waals surface area contributed by atoms with E-state index in [9.17, 15) is 18.4 Å². The molecule has 8 heteroatoms. The van der Waals surface area contributed by atoms with Crippen molar-refractivity contribution >= 4 is 24.2 Å². The van der Waals surface area contributed by atoms with Gasteiger partial charge in [0.25, 0.3) is 5.91 Å². The molecule has 0 aliphatic carbocycles. The quantitative estimate of drug-likeness (QED) is 0.862. The summed E-state index contributed by atoms with van der Waals surface area (Å²) in [6.45, 7) is 1.35. The highest BCUT2D eigenvalue weighted by Crippen LogP contribution is 2.20. The number of benzene rings is 1. The molecule has 0 saturated carbocycles. The van der Waals surface area contributed by atoms with Crippen LogP contribution in [0.25, 0.3) is 0 Å². The van der Waals surface area contributed by atoms with Crippen LogP contribution in [0.3, 0.4) is 0 Å². The van der Waals surface area contributed by atoms with Crippen molar-refractivity contribution in [3.63, 3.8) is 0 Å². The maximum absolute atomic E-state index is 13.7. The van der Waals surface area contributed by atoms with Gasteiger partial charge >= 0.3 is 0 Å². The van der Waals surface area contributed by atoms with E-state index in [0.717, 1.165) is 18.2 Å². The Morgan fingerprint density at radius 1 is 1.35 bits per heavy atom. The van der Waals surface area contributed by atoms with Gasteiger partial charge in [-0.2, -0.15) is 0 Å². The Bertz CT molecular complexity index is 572. The van der Waals surface area contributed by atoms with Crippen molar-refractivity contribution in [1.29, 1.82) is 0 Å². The molecular formula is C15H20ClF2N3O2. The number of hydrogen-bond donors (Lipinski definition) is 2. The molecule has 1 aromatic rings. The van der Waals surface area contributed by atoms with E-state index in [0.29, 0.717) is 32.5 Å². The molecule has 0 spiro atoms. The van der Waals surface area contributed by atoms with Crippen molar-refractivity contribution in [2.45, 2.75) is 12.8 Å². The van der Waals surface area contributed by atoms with Crippen LogP contribution in [0.15, 0.2) is 18.2 Å². The minimum absolute atomic E-state index is 0. The highest BCUT2D eigenvalue weighted by molar-refractivity contribution is 5.95. The Morgan fingerprint density at radius 3 is 2.78 bits per heavy atom. The minimum atomic E-state index is -0.763. The lowest BCUT2D eigenvalue weighted by molar-refractivity contribution is -0.126. The van der Waals surface area contributed by atoms with Crippen LogP contribution in [0.4, 0.5) is 8.78 Å². The first kappa shape index (κ1) is 19.3. The van der Waals surface area contributed by atoms with Gasteiger partial charge in [0.15, 0.2) is 0 Å². The van der Waals surface area contributed by atoms with E-state index < -0.39 is 17.5 Å². The number of nitrogens with one attached hydrogen (secondary N) is 1. The van der Waals surface area contributed by atoms with Crippen molar-refractivity contribution in [3.05, 3.63) is 35.4 Å². The third-order valence-corrected chi connectivity index (χ3v) is 3.68. The molecule has 23 heavy (non-hydrogen) atoms. The van der Waals surface area contributed by atoms with E-state index in [-0.39, 0.29) is 36.3 Å². The second kappa shape index (κ2) is 8.79. The van der Waals surface area contributed by atoms with E-state index >= 15 is 0 Å². The molecule has 1 heterocycles. The number of carbonyl (C=O) groups is 2. The molecule has 5 nitrogen and oxygen atoms in total. The van der Waals surface area contributed by atoms with Crippen LogP contribution in [0.1, 0.15) is 23.2 Å². The van der Waals surface area contributed by atoms with Crippen molar-refractivity contribution in [2.24, 2.45) is 11.7 Å². The molecule has 1 saturated heterocycles. The van der Waals surface area contributed by atoms with Gasteiger partial charge in [-0.05, 0) is 31.0 Å². The fourth-order valence-corrected chi connectivity index (χ4v) is 2.55. The summed E-state index contributed by atoms with van der Waals surface area (Å²) in [6.07, 6.45) is 1.30. The van der Waals surface area contributed by atoms with Gasteiger partial charge < -0.3 is 16.0 Å². The zero-order valence-electron chi connectivity index (χ0n) is 12.6. The highest BCUT2D eigenvalue weighted by Gasteiger charge is 2.29. The van der Waals surface area contributed by atoms with Crippen molar-refractivity contribution in [1.82, 2.24) is 10.2 Å². The summed E-state index contributed by atoms with van der Waals surface area (Å²) in [5.41, 5.74) is 5.03. The van der Waals surface area contributed by atoms with Crippen LogP contribution in [-0.4, -0.2) is 42.9 Å². The van der Waals surface area contributed by atoms with Gasteiger partial charge in [0.1, 0.15) is 11.6 Å². The Labute approximate surface area is 139 Å². The first-order valence-electron chi connectivity index (χ1n) is 7.25. The van der Waals surface area contributed by atoms with Gasteiger partial charge in [-0.3, -0.25) is 9.59 Å². The molecular weight excluding hydrogens is 328 g/mol. The van der Waals surface area contributed by atoms with E-state index in [1.54, 1.807) is 0 Å². The summed E-state index contributed by atoms with van der Waals surface area (Å²) in [7, 11) is 0. The number of hydrogen-bond acceptors (Lipinski definition) is 3. The van der Waals surface area contributed by atoms with Crippen LogP contribution in [-0.2, 0) is 4.79 Å². The normalized spacial score (nSPS) is 17.3. The van der Waals surface area contributed by atoms with Gasteiger partial charge in [0.2, 0.25) is 5.91 Å². The highest BCUT2D eigenvalue weighted by atomic mass is 35.5. The van der Waals surface area contributed by atoms with Gasteiger partial charge in [0.05, 0.1) is 11.5 Å². The second-order valence-corrected chi connectivity index (χ2v) is 5.29. The molecule has 0 aromatic heterocycles. The number of nitrogens with two attached hydrogens (primary N) is 1. The fourth-order valence-electron chi connectivity index (χ4n) is 2.55. The van der Waals surface area contributed by atoms with Crippen LogP contribution >= 0.6 is 12.4 Å². The van der Waals surface area contributed by atoms with E-state index in [2.05, 4.69) is 5.32 Å². The number of piperidine rings is 1. The lowest BCUT2D eigenvalue weighted by Crippen LogP contribution is -2.46. The molecule has 3 N–H and O–H groups in total. The van der Waals surface area contributed by atoms with Crippen LogP contribution in [0.2, 0.25) is 0 Å². The van der Waals surface area contributed by atoms with Crippen molar-refractivity contribution in [3.8, 4) is 0 Å². The molecule has 2 amide bonds. The number of amides is 2. The number of nitrogens with zero attached hydrogens (tertiary/aromatic N) is 1. The van der Waals surface area contributed by atoms with Crippen LogP contribution in [0, 0.1) is 17.6 Å². The third kappa shape index (κ3) is 4.87. The van der Waals surface area contributed by atoms with Crippen LogP contribution in [0.5, 0.6) is 0 Å². The van der Waals surface area contributed by atoms with E-state index in [1.165, 1.54) is 4.90 Å². The molecule has 1 aromatic carbocycles. The predicted molar refractivity (Wildman–Crippen MR) is 84.3 cm³/mol. The zero-order valence-corrected chi connectivity index (χ0v) is 13.4. The number of likely N-dealkylation sites (tertiary alicyclic amines) is 1.